The molecule has 2 heteroatoms. The smallest absolute Gasteiger partial charge is 0.0821 e. The number of hydrogen-bond acceptors (Lipinski definition) is 2. The van der Waals surface area contributed by atoms with Crippen LogP contribution in [-0.2, 0) is 0 Å². The highest BCUT2D eigenvalue weighted by atomic mass is 32.1. The maximum absolute atomic E-state index is 4.95. The zero-order valence-corrected chi connectivity index (χ0v) is 17.2. The van der Waals surface area contributed by atoms with Crippen LogP contribution in [0.15, 0.2) is 77.8 Å². The van der Waals surface area contributed by atoms with Crippen LogP contribution in [0.25, 0.3) is 11.1 Å². The molecule has 0 N–H and O–H groups in total. The monoisotopic (exact) mass is 393 g/mol. The molecule has 1 nitrogen and oxygen atoms in total. The molecule has 0 aromatic heterocycles. The van der Waals surface area contributed by atoms with Gasteiger partial charge in [-0.15, -0.1) is 0 Å². The van der Waals surface area contributed by atoms with Crippen molar-refractivity contribution in [3.05, 3.63) is 89.5 Å². The zero-order chi connectivity index (χ0) is 19.9. The van der Waals surface area contributed by atoms with E-state index in [2.05, 4.69) is 52.3 Å². The first-order chi connectivity index (χ1) is 14.4. The fraction of sp³-hybridized carbons (Fsp3) is 0.222. The minimum atomic E-state index is 0.564. The molecular formula is C27H23NS. The number of hydrogen-bond donors (Lipinski definition) is 0. The highest BCUT2D eigenvalue weighted by Crippen LogP contribution is 2.43. The Kier molecular flexibility index (Phi) is 6.32. The van der Waals surface area contributed by atoms with Gasteiger partial charge in [-0.3, -0.25) is 0 Å². The number of thiocarbonyl (C=S) groups is 1. The molecule has 1 saturated carbocycles. The molecule has 1 aliphatic rings. The Morgan fingerprint density at radius 3 is 2.31 bits per heavy atom. The van der Waals surface area contributed by atoms with Crippen LogP contribution < -0.4 is 0 Å². The molecule has 1 fully saturated rings. The molecule has 4 rings (SSSR count). The first-order valence-electron chi connectivity index (χ1n) is 10.2. The van der Waals surface area contributed by atoms with Gasteiger partial charge in [-0.25, -0.2) is 0 Å². The van der Waals surface area contributed by atoms with Gasteiger partial charge in [-0.05, 0) is 66.4 Å². The van der Waals surface area contributed by atoms with Crippen LogP contribution in [0.3, 0.4) is 0 Å². The summed E-state index contributed by atoms with van der Waals surface area (Å²) in [5, 5.41) is 2.57. The van der Waals surface area contributed by atoms with E-state index in [1.807, 2.05) is 42.5 Å². The molecule has 0 bridgehead atoms. The van der Waals surface area contributed by atoms with E-state index in [-0.39, 0.29) is 0 Å². The zero-order valence-electron chi connectivity index (χ0n) is 16.4. The highest BCUT2D eigenvalue weighted by molar-refractivity contribution is 7.78. The second kappa shape index (κ2) is 9.48. The fourth-order valence-corrected chi connectivity index (χ4v) is 4.32. The number of nitrogens with zero attached hydrogens (tertiary/aromatic N) is 1. The summed E-state index contributed by atoms with van der Waals surface area (Å²) in [5.41, 5.74) is 6.57. The van der Waals surface area contributed by atoms with Gasteiger partial charge in [0.15, 0.2) is 0 Å². The molecule has 0 spiro atoms. The van der Waals surface area contributed by atoms with Gasteiger partial charge >= 0.3 is 0 Å². The van der Waals surface area contributed by atoms with Gasteiger partial charge in [0.25, 0.3) is 0 Å². The van der Waals surface area contributed by atoms with Gasteiger partial charge in [0.1, 0.15) is 0 Å². The van der Waals surface area contributed by atoms with E-state index >= 15 is 0 Å². The van der Waals surface area contributed by atoms with Crippen molar-refractivity contribution in [1.82, 2.24) is 0 Å². The van der Waals surface area contributed by atoms with Gasteiger partial charge in [0.05, 0.1) is 10.8 Å². The van der Waals surface area contributed by atoms with E-state index in [0.29, 0.717) is 5.92 Å². The molecule has 0 saturated heterocycles. The first kappa shape index (κ1) is 19.3. The largest absolute Gasteiger partial charge is 0.194 e. The second-order valence-corrected chi connectivity index (χ2v) is 7.62. The molecule has 0 radical (unpaired) electrons. The molecule has 0 atom stereocenters. The van der Waals surface area contributed by atoms with Crippen molar-refractivity contribution in [2.45, 2.75) is 38.0 Å². The van der Waals surface area contributed by atoms with Crippen LogP contribution in [0.4, 0.5) is 5.69 Å². The lowest BCUT2D eigenvalue weighted by atomic mass is 9.79. The third-order valence-electron chi connectivity index (χ3n) is 5.60. The van der Waals surface area contributed by atoms with Crippen molar-refractivity contribution in [3.8, 4) is 23.0 Å². The van der Waals surface area contributed by atoms with E-state index in [1.54, 1.807) is 0 Å². The van der Waals surface area contributed by atoms with Crippen LogP contribution >= 0.6 is 12.2 Å². The fourth-order valence-electron chi connectivity index (χ4n) is 4.22. The van der Waals surface area contributed by atoms with Crippen molar-refractivity contribution in [2.24, 2.45) is 4.99 Å². The predicted molar refractivity (Wildman–Crippen MR) is 125 cm³/mol. The predicted octanol–water partition coefficient (Wildman–Crippen LogP) is 7.54. The summed E-state index contributed by atoms with van der Waals surface area (Å²) in [6, 6.07) is 24.9. The molecule has 3 aromatic rings. The molecular weight excluding hydrogens is 370 g/mol. The summed E-state index contributed by atoms with van der Waals surface area (Å²) in [6.45, 7) is 0. The summed E-state index contributed by atoms with van der Waals surface area (Å²) in [7, 11) is 0. The third-order valence-corrected chi connectivity index (χ3v) is 5.69. The van der Waals surface area contributed by atoms with E-state index in [0.717, 1.165) is 27.9 Å². The van der Waals surface area contributed by atoms with E-state index < -0.39 is 0 Å². The minimum Gasteiger partial charge on any atom is -0.194 e. The van der Waals surface area contributed by atoms with Crippen molar-refractivity contribution >= 4 is 23.1 Å². The average Bonchev–Trinajstić information content (AvgIpc) is 2.79. The Morgan fingerprint density at radius 2 is 1.52 bits per heavy atom. The molecule has 0 amide bonds. The molecule has 3 aromatic carbocycles. The summed E-state index contributed by atoms with van der Waals surface area (Å²) in [4.78, 5) is 4.41. The van der Waals surface area contributed by atoms with Crippen LogP contribution in [0.2, 0.25) is 0 Å². The first-order valence-corrected chi connectivity index (χ1v) is 10.6. The molecule has 29 heavy (non-hydrogen) atoms. The van der Waals surface area contributed by atoms with Crippen molar-refractivity contribution < 1.29 is 0 Å². The van der Waals surface area contributed by atoms with Gasteiger partial charge in [-0.1, -0.05) is 79.6 Å². The lowest BCUT2D eigenvalue weighted by molar-refractivity contribution is 0.444. The Bertz CT molecular complexity index is 1090. The van der Waals surface area contributed by atoms with Crippen LogP contribution in [-0.4, -0.2) is 5.16 Å². The highest BCUT2D eigenvalue weighted by Gasteiger charge is 2.22. The Balaban J connectivity index is 1.86. The van der Waals surface area contributed by atoms with Crippen LogP contribution in [0.1, 0.15) is 54.7 Å². The molecule has 1 aliphatic carbocycles. The number of isothiocyanates is 1. The molecule has 142 valence electrons. The van der Waals surface area contributed by atoms with Crippen LogP contribution in [0, 0.1) is 11.8 Å². The van der Waals surface area contributed by atoms with Gasteiger partial charge < -0.3 is 0 Å². The number of benzene rings is 3. The van der Waals surface area contributed by atoms with Gasteiger partial charge in [0, 0.05) is 16.7 Å². The van der Waals surface area contributed by atoms with Crippen molar-refractivity contribution in [3.63, 3.8) is 0 Å². The maximum Gasteiger partial charge on any atom is 0.0821 e. The summed E-state index contributed by atoms with van der Waals surface area (Å²) >= 11 is 4.95. The lowest BCUT2D eigenvalue weighted by Crippen LogP contribution is -2.06. The lowest BCUT2D eigenvalue weighted by Gasteiger charge is -2.25. The number of aliphatic imine (C=N–C) groups is 1. The Morgan fingerprint density at radius 1 is 0.759 bits per heavy atom. The van der Waals surface area contributed by atoms with Gasteiger partial charge in [0.2, 0.25) is 0 Å². The SMILES string of the molecule is S=C=Nc1cccc(C2CCCCC2)c1-c1ccccc1C#Cc1ccccc1. The van der Waals surface area contributed by atoms with Crippen LogP contribution in [0.5, 0.6) is 0 Å². The molecule has 0 heterocycles. The Labute approximate surface area is 178 Å². The molecule has 0 aliphatic heterocycles. The van der Waals surface area contributed by atoms with Crippen molar-refractivity contribution in [1.29, 1.82) is 0 Å². The molecule has 0 unspecified atom stereocenters. The summed E-state index contributed by atoms with van der Waals surface area (Å²) < 4.78 is 0. The second-order valence-electron chi connectivity index (χ2n) is 7.44. The third kappa shape index (κ3) is 4.54. The Hall–Kier alpha value is -2.98. The van der Waals surface area contributed by atoms with E-state index in [9.17, 15) is 0 Å². The quantitative estimate of drug-likeness (QED) is 0.254. The number of rotatable bonds is 3. The van der Waals surface area contributed by atoms with E-state index in [1.165, 1.54) is 37.7 Å². The van der Waals surface area contributed by atoms with E-state index in [4.69, 9.17) is 12.2 Å². The maximum atomic E-state index is 4.95. The summed E-state index contributed by atoms with van der Waals surface area (Å²) in [5.74, 6) is 7.26. The minimum absolute atomic E-state index is 0.564. The average molecular weight is 394 g/mol. The normalized spacial score (nSPS) is 13.8. The summed E-state index contributed by atoms with van der Waals surface area (Å²) in [6.07, 6.45) is 6.38. The standard InChI is InChI=1S/C27H23NS/c29-20-28-26-17-9-16-25(22-12-5-2-6-13-22)27(26)24-15-8-7-14-23(24)19-18-21-10-3-1-4-11-21/h1,3-4,7-11,14-17,22H,2,5-6,12-13H2. The topological polar surface area (TPSA) is 12.4 Å². The van der Waals surface area contributed by atoms with Crippen molar-refractivity contribution in [2.75, 3.05) is 0 Å². The van der Waals surface area contributed by atoms with Gasteiger partial charge in [-0.2, -0.15) is 4.99 Å².